The molecule has 0 N–H and O–H groups in total. The number of allylic oxidation sites excluding steroid dienone is 1. The Hall–Kier alpha value is -4.59. The van der Waals surface area contributed by atoms with Gasteiger partial charge in [-0.25, -0.2) is 4.79 Å². The van der Waals surface area contributed by atoms with Crippen molar-refractivity contribution < 1.29 is 41.4 Å². The lowest BCUT2D eigenvalue weighted by Crippen LogP contribution is -2.48. The van der Waals surface area contributed by atoms with Crippen molar-refractivity contribution >= 4 is 34.5 Å². The largest absolute Gasteiger partial charge is 0.465 e. The van der Waals surface area contributed by atoms with Crippen molar-refractivity contribution in [3.63, 3.8) is 0 Å². The molecule has 1 aromatic heterocycles. The second-order valence-electron chi connectivity index (χ2n) is 8.66. The fraction of sp³-hybridized carbons (Fsp3) is 0.286. The molecule has 2 heterocycles. The van der Waals surface area contributed by atoms with Crippen LogP contribution < -0.4 is 4.90 Å². The average molecular weight is 540 g/mol. The summed E-state index contributed by atoms with van der Waals surface area (Å²) < 4.78 is 56.8. The fourth-order valence-electron chi connectivity index (χ4n) is 4.65. The van der Waals surface area contributed by atoms with Crippen LogP contribution in [-0.4, -0.2) is 31.1 Å². The molecule has 4 rings (SSSR count). The molecule has 0 radical (unpaired) electrons. The lowest BCUT2D eigenvalue weighted by atomic mass is 9.78. The predicted molar refractivity (Wildman–Crippen MR) is 132 cm³/mol. The fourth-order valence-corrected chi connectivity index (χ4v) is 4.65. The van der Waals surface area contributed by atoms with E-state index in [1.807, 2.05) is 6.07 Å². The van der Waals surface area contributed by atoms with Crippen LogP contribution >= 0.6 is 0 Å². The van der Waals surface area contributed by atoms with Gasteiger partial charge in [-0.1, -0.05) is 6.07 Å². The summed E-state index contributed by atoms with van der Waals surface area (Å²) in [6, 6.07) is 12.1. The number of esters is 2. The maximum atomic E-state index is 13.9. The average Bonchev–Trinajstić information content (AvgIpc) is 3.31. The maximum Gasteiger partial charge on any atom is 0.416 e. The molecule has 8 nitrogen and oxygen atoms in total. The van der Waals surface area contributed by atoms with E-state index in [-0.39, 0.29) is 35.9 Å². The maximum absolute atomic E-state index is 13.9. The molecule has 2 unspecified atom stereocenters. The zero-order valence-corrected chi connectivity index (χ0v) is 21.2. The van der Waals surface area contributed by atoms with E-state index in [1.165, 1.54) is 38.1 Å². The third-order valence-corrected chi connectivity index (χ3v) is 6.29. The molecule has 0 bridgehead atoms. The van der Waals surface area contributed by atoms with Crippen molar-refractivity contribution in [2.75, 3.05) is 18.1 Å². The Kier molecular flexibility index (Phi) is 7.49. The number of halogens is 3. The normalized spacial score (nSPS) is 17.8. The van der Waals surface area contributed by atoms with E-state index >= 15 is 0 Å². The zero-order chi connectivity index (χ0) is 28.5. The van der Waals surface area contributed by atoms with Gasteiger partial charge in [-0.3, -0.25) is 14.5 Å². The van der Waals surface area contributed by atoms with Gasteiger partial charge >= 0.3 is 18.1 Å². The van der Waals surface area contributed by atoms with Crippen LogP contribution in [0.2, 0.25) is 0 Å². The van der Waals surface area contributed by atoms with E-state index in [9.17, 15) is 32.8 Å². The summed E-state index contributed by atoms with van der Waals surface area (Å²) in [5.74, 6) is -5.71. The van der Waals surface area contributed by atoms with Crippen LogP contribution in [0.15, 0.2) is 64.2 Å². The van der Waals surface area contributed by atoms with Crippen LogP contribution in [0.1, 0.15) is 43.6 Å². The second-order valence-corrected chi connectivity index (χ2v) is 8.66. The molecule has 11 heteroatoms. The molecule has 0 spiro atoms. The Balaban J connectivity index is 1.99. The highest BCUT2D eigenvalue weighted by molar-refractivity contribution is 6.13. The summed E-state index contributed by atoms with van der Waals surface area (Å²) >= 11 is 0. The van der Waals surface area contributed by atoms with Gasteiger partial charge in [0.2, 0.25) is 5.91 Å². The predicted octanol–water partition coefficient (Wildman–Crippen LogP) is 5.47. The summed E-state index contributed by atoms with van der Waals surface area (Å²) in [4.78, 5) is 41.4. The van der Waals surface area contributed by atoms with Crippen LogP contribution in [0.3, 0.4) is 0 Å². The molecule has 0 aliphatic carbocycles. The number of fused-ring (bicyclic) bond motifs is 1. The Morgan fingerprint density at radius 2 is 1.79 bits per heavy atom. The van der Waals surface area contributed by atoms with E-state index in [1.54, 1.807) is 13.0 Å². The first-order chi connectivity index (χ1) is 18.5. The molecule has 0 saturated carbocycles. The molecule has 1 aliphatic rings. The van der Waals surface area contributed by atoms with E-state index in [2.05, 4.69) is 0 Å². The van der Waals surface area contributed by atoms with Crippen LogP contribution in [0.25, 0.3) is 11.0 Å². The Labute approximate surface area is 221 Å². The van der Waals surface area contributed by atoms with Gasteiger partial charge in [0, 0.05) is 16.8 Å². The lowest BCUT2D eigenvalue weighted by Gasteiger charge is -2.37. The first kappa shape index (κ1) is 27.4. The highest BCUT2D eigenvalue weighted by atomic mass is 19.4. The number of carbonyl (C=O) groups is 3. The quantitative estimate of drug-likeness (QED) is 0.301. The number of rotatable bonds is 6. The molecule has 3 aromatic rings. The minimum Gasteiger partial charge on any atom is -0.465 e. The summed E-state index contributed by atoms with van der Waals surface area (Å²) in [7, 11) is 0. The number of benzene rings is 2. The SMILES string of the molecule is CCOC(=O)C1=C(C)N(c2cccc(C(F)(F)F)c2)C(=O)C(C(=O)OCC)C1c1cc2cc(C#N)ccc2o1. The first-order valence-electron chi connectivity index (χ1n) is 12.0. The molecule has 1 aliphatic heterocycles. The van der Waals surface area contributed by atoms with Crippen LogP contribution in [0.5, 0.6) is 0 Å². The Morgan fingerprint density at radius 1 is 1.08 bits per heavy atom. The van der Waals surface area contributed by atoms with Gasteiger partial charge in [0.15, 0.2) is 5.92 Å². The molecule has 0 saturated heterocycles. The standard InChI is InChI=1S/C28H23F3N2O6/c1-4-37-26(35)22-15(3)33(19-8-6-7-18(13-19)28(29,30)31)25(34)24(27(36)38-5-2)23(22)21-12-17-11-16(14-32)9-10-20(17)39-21/h6-13,23-24H,4-5H2,1-3H3. The lowest BCUT2D eigenvalue weighted by molar-refractivity contribution is -0.153. The van der Waals surface area contributed by atoms with Crippen molar-refractivity contribution in [1.82, 2.24) is 0 Å². The number of alkyl halides is 3. The highest BCUT2D eigenvalue weighted by Crippen LogP contribution is 2.45. The van der Waals surface area contributed by atoms with Crippen molar-refractivity contribution in [1.29, 1.82) is 5.26 Å². The van der Waals surface area contributed by atoms with Crippen molar-refractivity contribution in [3.05, 3.63) is 76.7 Å². The number of carbonyl (C=O) groups excluding carboxylic acids is 3. The third-order valence-electron chi connectivity index (χ3n) is 6.29. The van der Waals surface area contributed by atoms with E-state index < -0.39 is 41.4 Å². The topological polar surface area (TPSA) is 110 Å². The Morgan fingerprint density at radius 3 is 2.44 bits per heavy atom. The summed E-state index contributed by atoms with van der Waals surface area (Å²) in [5.41, 5.74) is -0.707. The minimum absolute atomic E-state index is 0.0264. The summed E-state index contributed by atoms with van der Waals surface area (Å²) in [5, 5.41) is 9.73. The number of furan rings is 1. The second kappa shape index (κ2) is 10.6. The first-order valence-corrected chi connectivity index (χ1v) is 12.0. The molecule has 202 valence electrons. The van der Waals surface area contributed by atoms with Crippen LogP contribution in [-0.2, 0) is 30.0 Å². The van der Waals surface area contributed by atoms with Gasteiger partial charge in [-0.15, -0.1) is 0 Å². The van der Waals surface area contributed by atoms with E-state index in [0.717, 1.165) is 23.1 Å². The van der Waals surface area contributed by atoms with E-state index in [4.69, 9.17) is 13.9 Å². The smallest absolute Gasteiger partial charge is 0.416 e. The van der Waals surface area contributed by atoms with Gasteiger partial charge in [0.25, 0.3) is 0 Å². The highest BCUT2D eigenvalue weighted by Gasteiger charge is 2.51. The summed E-state index contributed by atoms with van der Waals surface area (Å²) in [6.07, 6.45) is -4.70. The van der Waals surface area contributed by atoms with Gasteiger partial charge in [0.1, 0.15) is 11.3 Å². The van der Waals surface area contributed by atoms with Crippen molar-refractivity contribution in [2.45, 2.75) is 32.9 Å². The number of nitrogens with zero attached hydrogens (tertiary/aromatic N) is 2. The number of hydrogen-bond donors (Lipinski definition) is 0. The number of anilines is 1. The minimum atomic E-state index is -4.70. The van der Waals surface area contributed by atoms with Gasteiger partial charge in [0.05, 0.1) is 41.9 Å². The third kappa shape index (κ3) is 5.10. The number of amides is 1. The molecular formula is C28H23F3N2O6. The molecule has 39 heavy (non-hydrogen) atoms. The number of nitriles is 1. The monoisotopic (exact) mass is 540 g/mol. The summed E-state index contributed by atoms with van der Waals surface area (Å²) in [6.45, 7) is 4.34. The zero-order valence-electron chi connectivity index (χ0n) is 21.2. The molecule has 2 aromatic carbocycles. The number of hydrogen-bond acceptors (Lipinski definition) is 7. The Bertz CT molecular complexity index is 1530. The van der Waals surface area contributed by atoms with Gasteiger partial charge in [-0.2, -0.15) is 18.4 Å². The van der Waals surface area contributed by atoms with Crippen LogP contribution in [0, 0.1) is 17.2 Å². The molecule has 1 amide bonds. The van der Waals surface area contributed by atoms with Gasteiger partial charge < -0.3 is 13.9 Å². The molecule has 2 atom stereocenters. The molecule has 0 fully saturated rings. The van der Waals surface area contributed by atoms with Crippen molar-refractivity contribution in [2.24, 2.45) is 5.92 Å². The molecular weight excluding hydrogens is 517 g/mol. The number of ether oxygens (including phenoxy) is 2. The van der Waals surface area contributed by atoms with Gasteiger partial charge in [-0.05, 0) is 63.2 Å². The van der Waals surface area contributed by atoms with Crippen LogP contribution in [0.4, 0.5) is 18.9 Å². The van der Waals surface area contributed by atoms with E-state index in [0.29, 0.717) is 16.5 Å². The van der Waals surface area contributed by atoms with Crippen molar-refractivity contribution in [3.8, 4) is 6.07 Å².